The van der Waals surface area contributed by atoms with Gasteiger partial charge in [0.2, 0.25) is 11.0 Å². The van der Waals surface area contributed by atoms with Gasteiger partial charge < -0.3 is 5.32 Å². The second-order valence-corrected chi connectivity index (χ2v) is 3.99. The molecule has 0 amide bonds. The first kappa shape index (κ1) is 11.1. The fraction of sp³-hybridized carbons (Fsp3) is 0.556. The maximum atomic E-state index is 10.8. The summed E-state index contributed by atoms with van der Waals surface area (Å²) in [5.74, 6) is 1.14. The van der Waals surface area contributed by atoms with Gasteiger partial charge in [0.25, 0.3) is 0 Å². The molecule has 1 N–H and O–H groups in total. The number of nitrogens with zero attached hydrogens (tertiary/aromatic N) is 3. The molecule has 0 unspecified atom stereocenters. The van der Waals surface area contributed by atoms with E-state index in [4.69, 9.17) is 11.6 Å². The highest BCUT2D eigenvalue weighted by molar-refractivity contribution is 6.31. The van der Waals surface area contributed by atoms with E-state index >= 15 is 0 Å². The van der Waals surface area contributed by atoms with Gasteiger partial charge in [-0.3, -0.25) is 10.1 Å². The Morgan fingerprint density at radius 3 is 2.75 bits per heavy atom. The van der Waals surface area contributed by atoms with Crippen molar-refractivity contribution in [2.45, 2.75) is 25.7 Å². The fourth-order valence-electron chi connectivity index (χ4n) is 1.42. The third-order valence-electron chi connectivity index (χ3n) is 2.33. The largest absolute Gasteiger partial charge is 0.364 e. The quantitative estimate of drug-likeness (QED) is 0.498. The number of hydrogen-bond acceptors (Lipinski definition) is 5. The monoisotopic (exact) mass is 242 g/mol. The van der Waals surface area contributed by atoms with Crippen molar-refractivity contribution in [3.63, 3.8) is 0 Å². The molecule has 1 aromatic rings. The van der Waals surface area contributed by atoms with Crippen LogP contribution in [0.5, 0.6) is 0 Å². The van der Waals surface area contributed by atoms with Crippen LogP contribution in [0.3, 0.4) is 0 Å². The van der Waals surface area contributed by atoms with Gasteiger partial charge in [-0.15, -0.1) is 0 Å². The summed E-state index contributed by atoms with van der Waals surface area (Å²) < 4.78 is 0. The summed E-state index contributed by atoms with van der Waals surface area (Å²) in [5.41, 5.74) is -0.243. The molecule has 2 rings (SSSR count). The van der Waals surface area contributed by atoms with Crippen molar-refractivity contribution in [2.24, 2.45) is 0 Å². The first-order chi connectivity index (χ1) is 7.63. The summed E-state index contributed by atoms with van der Waals surface area (Å²) in [4.78, 5) is 18.4. The van der Waals surface area contributed by atoms with Crippen LogP contribution in [0.2, 0.25) is 5.15 Å². The van der Waals surface area contributed by atoms with E-state index in [2.05, 4.69) is 15.3 Å². The molecule has 0 radical (unpaired) electrons. The Balaban J connectivity index is 2.46. The average molecular weight is 243 g/mol. The van der Waals surface area contributed by atoms with E-state index in [9.17, 15) is 10.1 Å². The summed E-state index contributed by atoms with van der Waals surface area (Å²) in [6, 6.07) is 0. The SMILES string of the molecule is CCNc1nc(C2CC2)nc(Cl)c1[N+](=O)[O-]. The summed E-state index contributed by atoms with van der Waals surface area (Å²) in [6.07, 6.45) is 2.05. The number of hydrogen-bond donors (Lipinski definition) is 1. The molecule has 1 saturated carbocycles. The Bertz CT molecular complexity index is 434. The molecule has 0 spiro atoms. The van der Waals surface area contributed by atoms with E-state index in [0.29, 0.717) is 18.3 Å². The molecular weight excluding hydrogens is 232 g/mol. The first-order valence-electron chi connectivity index (χ1n) is 5.09. The van der Waals surface area contributed by atoms with Crippen LogP contribution in [0.15, 0.2) is 0 Å². The molecule has 0 saturated heterocycles. The Labute approximate surface area is 97.2 Å². The predicted molar refractivity (Wildman–Crippen MR) is 59.8 cm³/mol. The van der Waals surface area contributed by atoms with Gasteiger partial charge >= 0.3 is 5.69 Å². The molecule has 0 aromatic carbocycles. The molecule has 7 heteroatoms. The van der Waals surface area contributed by atoms with Gasteiger partial charge in [0.15, 0.2) is 0 Å². The van der Waals surface area contributed by atoms with Crippen molar-refractivity contribution >= 4 is 23.1 Å². The average Bonchev–Trinajstić information content (AvgIpc) is 2.99. The number of anilines is 1. The van der Waals surface area contributed by atoms with E-state index in [0.717, 1.165) is 12.8 Å². The summed E-state index contributed by atoms with van der Waals surface area (Å²) >= 11 is 5.80. The number of nitrogens with one attached hydrogen (secondary N) is 1. The number of halogens is 1. The fourth-order valence-corrected chi connectivity index (χ4v) is 1.67. The predicted octanol–water partition coefficient (Wildman–Crippen LogP) is 2.35. The van der Waals surface area contributed by atoms with Gasteiger partial charge in [-0.05, 0) is 19.8 Å². The molecule has 1 fully saturated rings. The Hall–Kier alpha value is -1.43. The molecule has 1 heterocycles. The smallest absolute Gasteiger partial charge is 0.348 e. The summed E-state index contributed by atoms with van der Waals surface area (Å²) in [7, 11) is 0. The summed E-state index contributed by atoms with van der Waals surface area (Å²) in [5, 5.41) is 13.6. The van der Waals surface area contributed by atoms with E-state index < -0.39 is 4.92 Å². The Morgan fingerprint density at radius 1 is 1.56 bits per heavy atom. The van der Waals surface area contributed by atoms with Crippen molar-refractivity contribution in [1.29, 1.82) is 0 Å². The summed E-state index contributed by atoms with van der Waals surface area (Å²) in [6.45, 7) is 2.40. The van der Waals surface area contributed by atoms with Crippen LogP contribution in [-0.4, -0.2) is 21.4 Å². The van der Waals surface area contributed by atoms with Crippen molar-refractivity contribution in [3.05, 3.63) is 21.1 Å². The Morgan fingerprint density at radius 2 is 2.25 bits per heavy atom. The molecule has 1 aliphatic carbocycles. The third-order valence-corrected chi connectivity index (χ3v) is 2.59. The molecule has 0 bridgehead atoms. The van der Waals surface area contributed by atoms with Gasteiger partial charge in [-0.25, -0.2) is 9.97 Å². The number of aromatic nitrogens is 2. The van der Waals surface area contributed by atoms with Crippen LogP contribution >= 0.6 is 11.6 Å². The molecule has 0 aliphatic heterocycles. The van der Waals surface area contributed by atoms with Gasteiger partial charge in [-0.1, -0.05) is 11.6 Å². The molecule has 1 aliphatic rings. The first-order valence-corrected chi connectivity index (χ1v) is 5.47. The lowest BCUT2D eigenvalue weighted by atomic mass is 10.3. The minimum absolute atomic E-state index is 0.0853. The van der Waals surface area contributed by atoms with Crippen molar-refractivity contribution in [3.8, 4) is 0 Å². The zero-order chi connectivity index (χ0) is 11.7. The lowest BCUT2D eigenvalue weighted by molar-refractivity contribution is -0.384. The lowest BCUT2D eigenvalue weighted by Crippen LogP contribution is -2.07. The van der Waals surface area contributed by atoms with Gasteiger partial charge in [0.1, 0.15) is 5.82 Å². The van der Waals surface area contributed by atoms with Gasteiger partial charge in [-0.2, -0.15) is 0 Å². The van der Waals surface area contributed by atoms with E-state index in [-0.39, 0.29) is 16.7 Å². The van der Waals surface area contributed by atoms with Crippen LogP contribution in [0.25, 0.3) is 0 Å². The minimum Gasteiger partial charge on any atom is -0.364 e. The van der Waals surface area contributed by atoms with Crippen molar-refractivity contribution in [1.82, 2.24) is 9.97 Å². The molecule has 86 valence electrons. The number of nitro groups is 1. The van der Waals surface area contributed by atoms with Crippen molar-refractivity contribution < 1.29 is 4.92 Å². The van der Waals surface area contributed by atoms with Gasteiger partial charge in [0, 0.05) is 12.5 Å². The van der Waals surface area contributed by atoms with Crippen LogP contribution < -0.4 is 5.32 Å². The zero-order valence-corrected chi connectivity index (χ0v) is 9.49. The van der Waals surface area contributed by atoms with Crippen LogP contribution in [0, 0.1) is 10.1 Å². The normalized spacial score (nSPS) is 14.9. The maximum Gasteiger partial charge on any atom is 0.348 e. The highest BCUT2D eigenvalue weighted by Gasteiger charge is 2.31. The second kappa shape index (κ2) is 4.21. The molecule has 0 atom stereocenters. The zero-order valence-electron chi connectivity index (χ0n) is 8.73. The van der Waals surface area contributed by atoms with Crippen LogP contribution in [0.1, 0.15) is 31.5 Å². The second-order valence-electron chi connectivity index (χ2n) is 3.63. The van der Waals surface area contributed by atoms with E-state index in [1.165, 1.54) is 0 Å². The topological polar surface area (TPSA) is 81.0 Å². The van der Waals surface area contributed by atoms with Crippen molar-refractivity contribution in [2.75, 3.05) is 11.9 Å². The Kier molecular flexibility index (Phi) is 2.91. The maximum absolute atomic E-state index is 10.8. The van der Waals surface area contributed by atoms with E-state index in [1.807, 2.05) is 6.92 Å². The van der Waals surface area contributed by atoms with Crippen LogP contribution in [-0.2, 0) is 0 Å². The molecule has 6 nitrogen and oxygen atoms in total. The standard InChI is InChI=1S/C9H11ClN4O2/c1-2-11-9-6(14(15)16)7(10)12-8(13-9)5-3-4-5/h5H,2-4H2,1H3,(H,11,12,13). The van der Waals surface area contributed by atoms with Crippen LogP contribution in [0.4, 0.5) is 11.5 Å². The van der Waals surface area contributed by atoms with E-state index in [1.54, 1.807) is 0 Å². The van der Waals surface area contributed by atoms with Gasteiger partial charge in [0.05, 0.1) is 4.92 Å². The highest BCUT2D eigenvalue weighted by atomic mass is 35.5. The third kappa shape index (κ3) is 2.06. The number of rotatable bonds is 4. The molecular formula is C9H11ClN4O2. The molecule has 16 heavy (non-hydrogen) atoms. The molecule has 1 aromatic heterocycles. The highest BCUT2D eigenvalue weighted by Crippen LogP contribution is 2.40. The lowest BCUT2D eigenvalue weighted by Gasteiger charge is -2.06. The minimum atomic E-state index is -0.559.